The van der Waals surface area contributed by atoms with E-state index in [0.29, 0.717) is 0 Å². The molecule has 0 aliphatic rings. The first-order valence-electron chi connectivity index (χ1n) is 3.59. The second kappa shape index (κ2) is 5.01. The molecule has 86 valence electrons. The molecule has 0 radical (unpaired) electrons. The van der Waals surface area contributed by atoms with Crippen LogP contribution in [0.5, 0.6) is 0 Å². The summed E-state index contributed by atoms with van der Waals surface area (Å²) in [5.74, 6) is -1.05. The van der Waals surface area contributed by atoms with Crippen molar-refractivity contribution < 1.29 is 17.6 Å². The van der Waals surface area contributed by atoms with Gasteiger partial charge in [0.1, 0.15) is 11.9 Å². The Kier molecular flexibility index (Phi) is 4.83. The molecule has 1 nitrogen and oxygen atoms in total. The monoisotopic (exact) mass is 263 g/mol. The van der Waals surface area contributed by atoms with Crippen LogP contribution in [-0.2, 0) is 0 Å². The lowest BCUT2D eigenvalue weighted by atomic mass is 10.1. The average molecular weight is 264 g/mol. The van der Waals surface area contributed by atoms with Gasteiger partial charge in [-0.25, -0.2) is 4.39 Å². The fourth-order valence-electron chi connectivity index (χ4n) is 0.930. The van der Waals surface area contributed by atoms with Crippen LogP contribution >= 0.6 is 24.0 Å². The molecule has 0 aliphatic heterocycles. The zero-order chi connectivity index (χ0) is 10.9. The Balaban J connectivity index is 0.00000196. The summed E-state index contributed by atoms with van der Waals surface area (Å²) in [4.78, 5) is 0. The lowest BCUT2D eigenvalue weighted by Gasteiger charge is -2.16. The average Bonchev–Trinajstić information content (AvgIpc) is 2.01. The zero-order valence-corrected chi connectivity index (χ0v) is 8.76. The molecule has 1 atom stereocenters. The van der Waals surface area contributed by atoms with Crippen LogP contribution < -0.4 is 5.73 Å². The lowest BCUT2D eigenvalue weighted by molar-refractivity contribution is -0.149. The fourth-order valence-corrected chi connectivity index (χ4v) is 1.09. The Morgan fingerprint density at radius 2 is 1.80 bits per heavy atom. The Bertz CT molecular complexity index is 340. The number of rotatable bonds is 1. The van der Waals surface area contributed by atoms with Crippen LogP contribution in [0.2, 0.25) is 5.02 Å². The summed E-state index contributed by atoms with van der Waals surface area (Å²) in [6, 6.07) is 0.559. The number of nitrogens with two attached hydrogens (primary N) is 1. The van der Waals surface area contributed by atoms with E-state index in [1.807, 2.05) is 0 Å². The molecule has 0 heterocycles. The van der Waals surface area contributed by atoms with Crippen molar-refractivity contribution in [3.8, 4) is 0 Å². The number of benzene rings is 1. The second-order valence-corrected chi connectivity index (χ2v) is 3.12. The Morgan fingerprint density at radius 3 is 2.20 bits per heavy atom. The molecule has 0 bridgehead atoms. The van der Waals surface area contributed by atoms with Gasteiger partial charge < -0.3 is 5.73 Å². The third-order valence-electron chi connectivity index (χ3n) is 1.65. The van der Waals surface area contributed by atoms with Crippen LogP contribution in [0.4, 0.5) is 17.6 Å². The molecule has 1 aromatic rings. The number of alkyl halides is 3. The second-order valence-electron chi connectivity index (χ2n) is 2.69. The van der Waals surface area contributed by atoms with E-state index >= 15 is 0 Å². The van der Waals surface area contributed by atoms with Gasteiger partial charge in [0.05, 0.1) is 0 Å². The van der Waals surface area contributed by atoms with Crippen LogP contribution in [0.25, 0.3) is 0 Å². The van der Waals surface area contributed by atoms with Crippen LogP contribution in [0.1, 0.15) is 11.6 Å². The molecule has 0 aromatic heterocycles. The van der Waals surface area contributed by atoms with Gasteiger partial charge in [-0.1, -0.05) is 17.7 Å². The van der Waals surface area contributed by atoms with Gasteiger partial charge in [-0.15, -0.1) is 12.4 Å². The predicted molar refractivity (Wildman–Crippen MR) is 51.6 cm³/mol. The maximum absolute atomic E-state index is 13.0. The normalized spacial score (nSPS) is 13.2. The molecule has 0 spiro atoms. The third-order valence-corrected chi connectivity index (χ3v) is 1.89. The lowest BCUT2D eigenvalue weighted by Crippen LogP contribution is -2.29. The first-order chi connectivity index (χ1) is 6.32. The third kappa shape index (κ3) is 3.52. The van der Waals surface area contributed by atoms with Crippen molar-refractivity contribution in [3.63, 3.8) is 0 Å². The van der Waals surface area contributed by atoms with E-state index in [-0.39, 0.29) is 17.4 Å². The van der Waals surface area contributed by atoms with Crippen molar-refractivity contribution in [2.75, 3.05) is 0 Å². The maximum Gasteiger partial charge on any atom is 0.407 e. The first-order valence-corrected chi connectivity index (χ1v) is 3.97. The van der Waals surface area contributed by atoms with Gasteiger partial charge in [-0.2, -0.15) is 13.2 Å². The molecule has 0 unspecified atom stereocenters. The summed E-state index contributed by atoms with van der Waals surface area (Å²) in [5, 5.41) is 0.0284. The summed E-state index contributed by atoms with van der Waals surface area (Å²) >= 11 is 5.37. The topological polar surface area (TPSA) is 26.0 Å². The number of halogens is 6. The molecule has 0 fully saturated rings. The number of hydrogen-bond donors (Lipinski definition) is 1. The highest BCUT2D eigenvalue weighted by Gasteiger charge is 2.39. The van der Waals surface area contributed by atoms with Crippen LogP contribution in [0, 0.1) is 5.82 Å². The molecule has 7 heteroatoms. The van der Waals surface area contributed by atoms with Crippen molar-refractivity contribution in [2.45, 2.75) is 12.2 Å². The Hall–Kier alpha value is -0.520. The van der Waals surface area contributed by atoms with Crippen molar-refractivity contribution in [1.29, 1.82) is 0 Å². The van der Waals surface area contributed by atoms with Gasteiger partial charge in [-0.3, -0.25) is 0 Å². The summed E-state index contributed by atoms with van der Waals surface area (Å²) < 4.78 is 49.2. The van der Waals surface area contributed by atoms with E-state index in [4.69, 9.17) is 17.3 Å². The van der Waals surface area contributed by atoms with E-state index in [0.717, 1.165) is 18.2 Å². The largest absolute Gasteiger partial charge is 0.407 e. The van der Waals surface area contributed by atoms with Gasteiger partial charge in [0.25, 0.3) is 0 Å². The minimum absolute atomic E-state index is 0. The molecule has 2 N–H and O–H groups in total. The van der Waals surface area contributed by atoms with E-state index in [9.17, 15) is 17.6 Å². The highest BCUT2D eigenvalue weighted by atomic mass is 35.5. The minimum atomic E-state index is -4.66. The highest BCUT2D eigenvalue weighted by molar-refractivity contribution is 6.30. The Labute approximate surface area is 94.6 Å². The summed E-state index contributed by atoms with van der Waals surface area (Å²) in [7, 11) is 0. The van der Waals surface area contributed by atoms with E-state index in [2.05, 4.69) is 0 Å². The van der Waals surface area contributed by atoms with Gasteiger partial charge >= 0.3 is 6.18 Å². The molecule has 0 saturated carbocycles. The van der Waals surface area contributed by atoms with Gasteiger partial charge in [-0.05, 0) is 12.1 Å². The summed E-state index contributed by atoms with van der Waals surface area (Å²) in [5.41, 5.74) is 4.21. The SMILES string of the molecule is Cl.N[C@H](c1ccc(Cl)cc1F)C(F)(F)F. The van der Waals surface area contributed by atoms with Crippen LogP contribution in [0.15, 0.2) is 18.2 Å². The fraction of sp³-hybridized carbons (Fsp3) is 0.250. The molecule has 0 amide bonds. The van der Waals surface area contributed by atoms with Crippen molar-refractivity contribution in [1.82, 2.24) is 0 Å². The van der Waals surface area contributed by atoms with E-state index in [1.165, 1.54) is 0 Å². The molecule has 15 heavy (non-hydrogen) atoms. The van der Waals surface area contributed by atoms with Gasteiger partial charge in [0, 0.05) is 10.6 Å². The maximum atomic E-state index is 13.0. The van der Waals surface area contributed by atoms with Crippen LogP contribution in [0.3, 0.4) is 0 Å². The predicted octanol–water partition coefficient (Wildman–Crippen LogP) is 3.46. The Morgan fingerprint density at radius 1 is 1.27 bits per heavy atom. The molecule has 1 aromatic carbocycles. The van der Waals surface area contributed by atoms with Crippen LogP contribution in [-0.4, -0.2) is 6.18 Å². The quantitative estimate of drug-likeness (QED) is 0.772. The minimum Gasteiger partial charge on any atom is -0.316 e. The summed E-state index contributed by atoms with van der Waals surface area (Å²) in [6.45, 7) is 0. The zero-order valence-electron chi connectivity index (χ0n) is 7.18. The standard InChI is InChI=1S/C8H6ClF4N.ClH/c9-4-1-2-5(6(10)3-4)7(14)8(11,12)13;/h1-3,7H,14H2;1H/t7-;/m1./s1. The van der Waals surface area contributed by atoms with Gasteiger partial charge in [0.15, 0.2) is 0 Å². The highest BCUT2D eigenvalue weighted by Crippen LogP contribution is 2.32. The van der Waals surface area contributed by atoms with Crippen molar-refractivity contribution >= 4 is 24.0 Å². The van der Waals surface area contributed by atoms with Crippen molar-refractivity contribution in [2.24, 2.45) is 5.73 Å². The van der Waals surface area contributed by atoms with E-state index < -0.39 is 23.6 Å². The summed E-state index contributed by atoms with van der Waals surface area (Å²) in [6.07, 6.45) is -4.66. The molecule has 0 saturated heterocycles. The first kappa shape index (κ1) is 14.5. The van der Waals surface area contributed by atoms with Gasteiger partial charge in [0.2, 0.25) is 0 Å². The molecule has 0 aliphatic carbocycles. The molecular weight excluding hydrogens is 257 g/mol. The molecule has 1 rings (SSSR count). The van der Waals surface area contributed by atoms with Crippen molar-refractivity contribution in [3.05, 3.63) is 34.6 Å². The van der Waals surface area contributed by atoms with E-state index in [1.54, 1.807) is 0 Å². The number of hydrogen-bond acceptors (Lipinski definition) is 1. The smallest absolute Gasteiger partial charge is 0.316 e. The molecular formula is C8H7Cl2F4N.